The van der Waals surface area contributed by atoms with Gasteiger partial charge in [0.2, 0.25) is 5.91 Å². The van der Waals surface area contributed by atoms with E-state index in [-0.39, 0.29) is 5.91 Å². The van der Waals surface area contributed by atoms with Gasteiger partial charge in [-0.3, -0.25) is 4.79 Å². The summed E-state index contributed by atoms with van der Waals surface area (Å²) in [6.45, 7) is 5.48. The van der Waals surface area contributed by atoms with Crippen LogP contribution in [-0.2, 0) is 4.79 Å². The summed E-state index contributed by atoms with van der Waals surface area (Å²) in [6, 6.07) is 0.445. The lowest BCUT2D eigenvalue weighted by Crippen LogP contribution is -2.37. The molecule has 1 aliphatic carbocycles. The molecule has 116 valence electrons. The van der Waals surface area contributed by atoms with Crippen molar-refractivity contribution in [2.24, 2.45) is 0 Å². The molecule has 1 aliphatic heterocycles. The predicted octanol–water partition coefficient (Wildman–Crippen LogP) is 1.85. The number of hydrogen-bond acceptors (Lipinski definition) is 3. The van der Waals surface area contributed by atoms with Crippen LogP contribution >= 0.6 is 0 Å². The van der Waals surface area contributed by atoms with Gasteiger partial charge >= 0.3 is 0 Å². The standard InChI is InChI=1S/C16H31N3O/c1-18-10-6-11-19(14-13-18)12-9-16(20)17-15-7-4-2-3-5-8-15/h15H,2-14H2,1H3,(H,17,20). The summed E-state index contributed by atoms with van der Waals surface area (Å²) in [4.78, 5) is 16.9. The number of carbonyl (C=O) groups excluding carboxylic acids is 1. The van der Waals surface area contributed by atoms with Gasteiger partial charge in [-0.05, 0) is 39.4 Å². The molecule has 1 N–H and O–H groups in total. The van der Waals surface area contributed by atoms with Gasteiger partial charge in [-0.2, -0.15) is 0 Å². The average molecular weight is 281 g/mol. The number of likely N-dealkylation sites (N-methyl/N-ethyl adjacent to an activating group) is 1. The minimum Gasteiger partial charge on any atom is -0.353 e. The summed E-state index contributed by atoms with van der Waals surface area (Å²) >= 11 is 0. The van der Waals surface area contributed by atoms with Crippen molar-refractivity contribution in [1.82, 2.24) is 15.1 Å². The molecular weight excluding hydrogens is 250 g/mol. The molecule has 1 saturated heterocycles. The van der Waals surface area contributed by atoms with Gasteiger partial charge in [-0.1, -0.05) is 25.7 Å². The van der Waals surface area contributed by atoms with Gasteiger partial charge in [0.25, 0.3) is 0 Å². The van der Waals surface area contributed by atoms with E-state index in [2.05, 4.69) is 22.2 Å². The molecule has 1 amide bonds. The highest BCUT2D eigenvalue weighted by Crippen LogP contribution is 2.17. The largest absolute Gasteiger partial charge is 0.353 e. The predicted molar refractivity (Wildman–Crippen MR) is 82.8 cm³/mol. The summed E-state index contributed by atoms with van der Waals surface area (Å²) in [5.74, 6) is 0.259. The zero-order valence-electron chi connectivity index (χ0n) is 13.1. The summed E-state index contributed by atoms with van der Waals surface area (Å²) in [5, 5.41) is 3.25. The molecule has 2 aliphatic rings. The van der Waals surface area contributed by atoms with Gasteiger partial charge in [0, 0.05) is 32.1 Å². The van der Waals surface area contributed by atoms with E-state index < -0.39 is 0 Å². The van der Waals surface area contributed by atoms with Crippen LogP contribution in [0, 0.1) is 0 Å². The second-order valence-corrected chi connectivity index (χ2v) is 6.50. The normalized spacial score (nSPS) is 24.1. The zero-order valence-corrected chi connectivity index (χ0v) is 13.1. The summed E-state index contributed by atoms with van der Waals surface area (Å²) < 4.78 is 0. The average Bonchev–Trinajstić information content (AvgIpc) is 2.79. The van der Waals surface area contributed by atoms with Gasteiger partial charge in [0.05, 0.1) is 0 Å². The fraction of sp³-hybridized carbons (Fsp3) is 0.938. The van der Waals surface area contributed by atoms with E-state index in [0.717, 1.165) is 26.2 Å². The Balaban J connectivity index is 1.63. The van der Waals surface area contributed by atoms with E-state index in [1.807, 2.05) is 0 Å². The van der Waals surface area contributed by atoms with E-state index in [1.54, 1.807) is 0 Å². The Morgan fingerprint density at radius 3 is 2.50 bits per heavy atom. The van der Waals surface area contributed by atoms with Crippen LogP contribution in [0.15, 0.2) is 0 Å². The molecule has 4 heteroatoms. The first-order valence-electron chi connectivity index (χ1n) is 8.44. The molecule has 1 heterocycles. The zero-order chi connectivity index (χ0) is 14.2. The molecule has 0 spiro atoms. The van der Waals surface area contributed by atoms with E-state index in [1.165, 1.54) is 51.5 Å². The lowest BCUT2D eigenvalue weighted by Gasteiger charge is -2.21. The van der Waals surface area contributed by atoms with Crippen LogP contribution in [0.4, 0.5) is 0 Å². The molecule has 20 heavy (non-hydrogen) atoms. The monoisotopic (exact) mass is 281 g/mol. The summed E-state index contributed by atoms with van der Waals surface area (Å²) in [7, 11) is 2.18. The van der Waals surface area contributed by atoms with Crippen LogP contribution in [0.25, 0.3) is 0 Å². The van der Waals surface area contributed by atoms with Crippen molar-refractivity contribution in [2.45, 2.75) is 57.4 Å². The highest BCUT2D eigenvalue weighted by molar-refractivity contribution is 5.76. The Labute approximate surface area is 123 Å². The first-order chi connectivity index (χ1) is 9.74. The number of nitrogens with zero attached hydrogens (tertiary/aromatic N) is 2. The fourth-order valence-electron chi connectivity index (χ4n) is 3.31. The van der Waals surface area contributed by atoms with Crippen molar-refractivity contribution < 1.29 is 4.79 Å². The smallest absolute Gasteiger partial charge is 0.221 e. The molecule has 0 bridgehead atoms. The minimum atomic E-state index is 0.259. The summed E-state index contributed by atoms with van der Waals surface area (Å²) in [5.41, 5.74) is 0. The maximum absolute atomic E-state index is 12.1. The number of carbonyl (C=O) groups is 1. The van der Waals surface area contributed by atoms with Crippen LogP contribution in [0.3, 0.4) is 0 Å². The third kappa shape index (κ3) is 5.80. The summed E-state index contributed by atoms with van der Waals surface area (Å²) in [6.07, 6.45) is 9.50. The Bertz CT molecular complexity index is 287. The number of rotatable bonds is 4. The topological polar surface area (TPSA) is 35.6 Å². The molecule has 2 fully saturated rings. The van der Waals surface area contributed by atoms with Crippen molar-refractivity contribution in [1.29, 1.82) is 0 Å². The Kier molecular flexibility index (Phi) is 6.80. The molecule has 0 aromatic rings. The molecule has 0 aromatic carbocycles. The molecule has 4 nitrogen and oxygen atoms in total. The number of nitrogens with one attached hydrogen (secondary N) is 1. The van der Waals surface area contributed by atoms with Gasteiger partial charge in [0.15, 0.2) is 0 Å². The van der Waals surface area contributed by atoms with Crippen LogP contribution in [0.1, 0.15) is 51.4 Å². The van der Waals surface area contributed by atoms with Crippen molar-refractivity contribution >= 4 is 5.91 Å². The van der Waals surface area contributed by atoms with Gasteiger partial charge in [-0.15, -0.1) is 0 Å². The van der Waals surface area contributed by atoms with Crippen molar-refractivity contribution in [3.63, 3.8) is 0 Å². The van der Waals surface area contributed by atoms with Crippen molar-refractivity contribution in [2.75, 3.05) is 39.8 Å². The molecule has 0 atom stereocenters. The molecule has 1 saturated carbocycles. The van der Waals surface area contributed by atoms with Crippen LogP contribution < -0.4 is 5.32 Å². The van der Waals surface area contributed by atoms with E-state index in [0.29, 0.717) is 12.5 Å². The maximum atomic E-state index is 12.1. The first-order valence-corrected chi connectivity index (χ1v) is 8.44. The molecule has 2 rings (SSSR count). The maximum Gasteiger partial charge on any atom is 0.221 e. The van der Waals surface area contributed by atoms with Crippen LogP contribution in [0.5, 0.6) is 0 Å². The van der Waals surface area contributed by atoms with E-state index >= 15 is 0 Å². The van der Waals surface area contributed by atoms with Gasteiger partial charge in [0.1, 0.15) is 0 Å². The molecular formula is C16H31N3O. The number of amides is 1. The number of hydrogen-bond donors (Lipinski definition) is 1. The molecule has 0 unspecified atom stereocenters. The second kappa shape index (κ2) is 8.63. The van der Waals surface area contributed by atoms with E-state index in [4.69, 9.17) is 0 Å². The minimum absolute atomic E-state index is 0.259. The van der Waals surface area contributed by atoms with Crippen LogP contribution in [0.2, 0.25) is 0 Å². The van der Waals surface area contributed by atoms with Crippen molar-refractivity contribution in [3.8, 4) is 0 Å². The third-order valence-corrected chi connectivity index (χ3v) is 4.69. The lowest BCUT2D eigenvalue weighted by atomic mass is 10.1. The third-order valence-electron chi connectivity index (χ3n) is 4.69. The molecule has 0 aromatic heterocycles. The van der Waals surface area contributed by atoms with Crippen LogP contribution in [-0.4, -0.2) is 61.5 Å². The Morgan fingerprint density at radius 1 is 1.00 bits per heavy atom. The van der Waals surface area contributed by atoms with Gasteiger partial charge < -0.3 is 15.1 Å². The Morgan fingerprint density at radius 2 is 1.75 bits per heavy atom. The molecule has 0 radical (unpaired) electrons. The van der Waals surface area contributed by atoms with Crippen molar-refractivity contribution in [3.05, 3.63) is 0 Å². The second-order valence-electron chi connectivity index (χ2n) is 6.50. The lowest BCUT2D eigenvalue weighted by molar-refractivity contribution is -0.122. The SMILES string of the molecule is CN1CCCN(CCC(=O)NC2CCCCCC2)CC1. The Hall–Kier alpha value is -0.610. The quantitative estimate of drug-likeness (QED) is 0.799. The van der Waals surface area contributed by atoms with Gasteiger partial charge in [-0.25, -0.2) is 0 Å². The fourth-order valence-corrected chi connectivity index (χ4v) is 3.31. The highest BCUT2D eigenvalue weighted by atomic mass is 16.1. The van der Waals surface area contributed by atoms with E-state index in [9.17, 15) is 4.79 Å². The first kappa shape index (κ1) is 15.8. The highest BCUT2D eigenvalue weighted by Gasteiger charge is 2.16.